The summed E-state index contributed by atoms with van der Waals surface area (Å²) in [6.07, 6.45) is 2.91. The van der Waals surface area contributed by atoms with Crippen LogP contribution in [0.5, 0.6) is 5.75 Å². The van der Waals surface area contributed by atoms with E-state index < -0.39 is 18.2 Å². The summed E-state index contributed by atoms with van der Waals surface area (Å²) in [4.78, 5) is 28.0. The molecular formula is C24H31IN2O6. The monoisotopic (exact) mass is 570 g/mol. The molecular weight excluding hydrogens is 539 g/mol. The molecule has 33 heavy (non-hydrogen) atoms. The van der Waals surface area contributed by atoms with Crippen LogP contribution >= 0.6 is 22.6 Å². The average Bonchev–Trinajstić information content (AvgIpc) is 3.47. The molecule has 1 heterocycles. The van der Waals surface area contributed by atoms with Crippen molar-refractivity contribution in [1.82, 2.24) is 10.2 Å². The van der Waals surface area contributed by atoms with Gasteiger partial charge in [-0.3, -0.25) is 9.59 Å². The Labute approximate surface area is 207 Å². The van der Waals surface area contributed by atoms with Gasteiger partial charge in [0.25, 0.3) is 0 Å². The third-order valence-electron chi connectivity index (χ3n) is 6.43. The second-order valence-corrected chi connectivity index (χ2v) is 10.1. The maximum Gasteiger partial charge on any atom is 0.247 e. The van der Waals surface area contributed by atoms with Gasteiger partial charge in [0.05, 0.1) is 28.7 Å². The zero-order chi connectivity index (χ0) is 23.4. The van der Waals surface area contributed by atoms with Crippen LogP contribution in [-0.2, 0) is 14.3 Å². The fraction of sp³-hybridized carbons (Fsp3) is 0.583. The van der Waals surface area contributed by atoms with E-state index in [9.17, 15) is 14.7 Å². The number of aliphatic hydroxyl groups excluding tert-OH is 2. The summed E-state index contributed by atoms with van der Waals surface area (Å²) < 4.78 is 12.5. The van der Waals surface area contributed by atoms with E-state index in [1.807, 2.05) is 24.3 Å². The summed E-state index contributed by atoms with van der Waals surface area (Å²) in [6, 6.07) is 6.90. The van der Waals surface area contributed by atoms with Gasteiger partial charge in [-0.15, -0.1) is 0 Å². The predicted octanol–water partition coefficient (Wildman–Crippen LogP) is 1.48. The molecule has 4 atom stereocenters. The van der Waals surface area contributed by atoms with E-state index in [2.05, 4.69) is 27.9 Å². The number of aliphatic hydroxyl groups is 2. The van der Waals surface area contributed by atoms with Gasteiger partial charge in [-0.2, -0.15) is 0 Å². The first kappa shape index (κ1) is 24.4. The Balaban J connectivity index is 1.62. The third-order valence-corrected chi connectivity index (χ3v) is 7.32. The maximum absolute atomic E-state index is 13.5. The van der Waals surface area contributed by atoms with Crippen molar-refractivity contribution in [2.75, 3.05) is 32.9 Å². The smallest absolute Gasteiger partial charge is 0.247 e. The molecule has 1 saturated heterocycles. The Hall–Kier alpha value is -1.69. The lowest BCUT2D eigenvalue weighted by molar-refractivity contribution is -0.143. The van der Waals surface area contributed by atoms with Crippen molar-refractivity contribution in [2.45, 2.75) is 43.9 Å². The predicted molar refractivity (Wildman–Crippen MR) is 130 cm³/mol. The zero-order valence-corrected chi connectivity index (χ0v) is 20.6. The minimum atomic E-state index is -0.986. The quantitative estimate of drug-likeness (QED) is 0.389. The van der Waals surface area contributed by atoms with Crippen molar-refractivity contribution >= 4 is 34.4 Å². The molecule has 3 aliphatic rings. The van der Waals surface area contributed by atoms with Gasteiger partial charge in [-0.25, -0.2) is 0 Å². The van der Waals surface area contributed by atoms with Crippen LogP contribution in [0.1, 0.15) is 25.7 Å². The van der Waals surface area contributed by atoms with E-state index in [0.717, 1.165) is 16.4 Å². The first-order chi connectivity index (χ1) is 16.0. The second-order valence-electron chi connectivity index (χ2n) is 8.94. The zero-order valence-electron chi connectivity index (χ0n) is 18.5. The van der Waals surface area contributed by atoms with Crippen molar-refractivity contribution in [3.05, 3.63) is 39.5 Å². The number of amides is 2. The number of halogens is 1. The van der Waals surface area contributed by atoms with Crippen LogP contribution in [0.25, 0.3) is 0 Å². The Morgan fingerprint density at radius 3 is 2.70 bits per heavy atom. The van der Waals surface area contributed by atoms with Crippen molar-refractivity contribution < 1.29 is 29.3 Å². The summed E-state index contributed by atoms with van der Waals surface area (Å²) >= 11 is 2.17. The van der Waals surface area contributed by atoms with Crippen LogP contribution in [0.2, 0.25) is 0 Å². The minimum Gasteiger partial charge on any atom is -0.482 e. The molecule has 4 rings (SSSR count). The number of nitrogens with one attached hydrogen (secondary N) is 1. The standard InChI is InChI=1S/C24H31IN2O6/c25-18-3-1-2-4-20(18)33-21-12-17(23(30)26-8-9-28)11-19(22(21)29)27(13-15-5-6-15)24(31)16-7-10-32-14-16/h1-4,12,15-16,19,21-22,28-29H,5-11,13-14H2,(H,26,30). The number of para-hydroxylation sites is 1. The van der Waals surface area contributed by atoms with Crippen LogP contribution in [0, 0.1) is 15.4 Å². The molecule has 0 bridgehead atoms. The first-order valence-corrected chi connectivity index (χ1v) is 12.6. The number of benzene rings is 1. The summed E-state index contributed by atoms with van der Waals surface area (Å²) in [5.74, 6) is 0.478. The van der Waals surface area contributed by atoms with Crippen molar-refractivity contribution in [1.29, 1.82) is 0 Å². The first-order valence-electron chi connectivity index (χ1n) is 11.5. The number of hydrogen-bond donors (Lipinski definition) is 3. The lowest BCUT2D eigenvalue weighted by atomic mass is 9.87. The molecule has 8 nitrogen and oxygen atoms in total. The van der Waals surface area contributed by atoms with Gasteiger partial charge >= 0.3 is 0 Å². The average molecular weight is 570 g/mol. The normalized spacial score (nSPS) is 27.1. The molecule has 1 aromatic rings. The number of hydrogen-bond acceptors (Lipinski definition) is 6. The number of nitrogens with zero attached hydrogens (tertiary/aromatic N) is 1. The largest absolute Gasteiger partial charge is 0.482 e. The lowest BCUT2D eigenvalue weighted by Gasteiger charge is -2.41. The second kappa shape index (κ2) is 11.2. The minimum absolute atomic E-state index is 0.0199. The molecule has 180 valence electrons. The highest BCUT2D eigenvalue weighted by atomic mass is 127. The van der Waals surface area contributed by atoms with Crippen molar-refractivity contribution in [3.63, 3.8) is 0 Å². The SMILES string of the molecule is O=C(NCCO)C1=CC(Oc2ccccc2I)C(O)C(N(CC2CC2)C(=O)C2CCOC2)C1. The molecule has 0 spiro atoms. The van der Waals surface area contributed by atoms with E-state index in [0.29, 0.717) is 43.4 Å². The van der Waals surface area contributed by atoms with Crippen LogP contribution in [0.15, 0.2) is 35.9 Å². The van der Waals surface area contributed by atoms with E-state index in [1.54, 1.807) is 11.0 Å². The van der Waals surface area contributed by atoms with Gasteiger partial charge in [0.15, 0.2) is 0 Å². The Morgan fingerprint density at radius 2 is 2.03 bits per heavy atom. The summed E-state index contributed by atoms with van der Waals surface area (Å²) in [5, 5.41) is 23.2. The summed E-state index contributed by atoms with van der Waals surface area (Å²) in [5.41, 5.74) is 0.450. The third kappa shape index (κ3) is 6.06. The molecule has 2 amide bonds. The fourth-order valence-electron chi connectivity index (χ4n) is 4.40. The van der Waals surface area contributed by atoms with Gasteiger partial charge in [-0.05, 0) is 66.0 Å². The van der Waals surface area contributed by atoms with Gasteiger partial charge < -0.3 is 29.9 Å². The molecule has 3 N–H and O–H groups in total. The Bertz CT molecular complexity index is 883. The fourth-order valence-corrected chi connectivity index (χ4v) is 4.91. The van der Waals surface area contributed by atoms with Gasteiger partial charge in [0.2, 0.25) is 11.8 Å². The summed E-state index contributed by atoms with van der Waals surface area (Å²) in [7, 11) is 0. The number of rotatable bonds is 9. The molecule has 1 aromatic carbocycles. The molecule has 2 fully saturated rings. The van der Waals surface area contributed by atoms with Gasteiger partial charge in [0, 0.05) is 31.7 Å². The molecule has 9 heteroatoms. The molecule has 1 aliphatic heterocycles. The van der Waals surface area contributed by atoms with Crippen LogP contribution in [-0.4, -0.2) is 78.1 Å². The number of ether oxygens (including phenoxy) is 2. The summed E-state index contributed by atoms with van der Waals surface area (Å²) in [6.45, 7) is 1.49. The number of carbonyl (C=O) groups excluding carboxylic acids is 2. The highest BCUT2D eigenvalue weighted by Crippen LogP contribution is 2.35. The van der Waals surface area contributed by atoms with Crippen LogP contribution in [0.3, 0.4) is 0 Å². The molecule has 4 unspecified atom stereocenters. The van der Waals surface area contributed by atoms with Crippen LogP contribution < -0.4 is 10.1 Å². The molecule has 0 radical (unpaired) electrons. The van der Waals surface area contributed by atoms with Gasteiger partial charge in [-0.1, -0.05) is 12.1 Å². The van der Waals surface area contributed by atoms with Crippen molar-refractivity contribution in [2.24, 2.45) is 11.8 Å². The topological polar surface area (TPSA) is 108 Å². The highest BCUT2D eigenvalue weighted by molar-refractivity contribution is 14.1. The lowest BCUT2D eigenvalue weighted by Crippen LogP contribution is -2.56. The Kier molecular flexibility index (Phi) is 8.26. The maximum atomic E-state index is 13.5. The highest BCUT2D eigenvalue weighted by Gasteiger charge is 2.44. The van der Waals surface area contributed by atoms with Gasteiger partial charge in [0.1, 0.15) is 18.0 Å². The van der Waals surface area contributed by atoms with Crippen molar-refractivity contribution in [3.8, 4) is 5.75 Å². The molecule has 0 aromatic heterocycles. The molecule has 1 saturated carbocycles. The van der Waals surface area contributed by atoms with E-state index in [1.165, 1.54) is 0 Å². The number of carbonyl (C=O) groups is 2. The van der Waals surface area contributed by atoms with E-state index in [4.69, 9.17) is 14.6 Å². The Morgan fingerprint density at radius 1 is 1.24 bits per heavy atom. The van der Waals surface area contributed by atoms with E-state index >= 15 is 0 Å². The molecule has 2 aliphatic carbocycles. The van der Waals surface area contributed by atoms with E-state index in [-0.39, 0.29) is 37.3 Å². The van der Waals surface area contributed by atoms with Crippen LogP contribution in [0.4, 0.5) is 0 Å².